The SMILES string of the molecule is CCc1nc(CN(C)C(=O)C2CCN(S(=O)(=O)c3cccnc3Cl)CC2)cs1. The van der Waals surface area contributed by atoms with Crippen molar-refractivity contribution in [2.24, 2.45) is 5.92 Å². The molecular formula is C18H23ClN4O3S2. The summed E-state index contributed by atoms with van der Waals surface area (Å²) in [5.74, 6) is -0.160. The molecule has 28 heavy (non-hydrogen) atoms. The van der Waals surface area contributed by atoms with E-state index in [0.717, 1.165) is 17.1 Å². The molecule has 0 N–H and O–H groups in total. The second kappa shape index (κ2) is 8.86. The van der Waals surface area contributed by atoms with Crippen molar-refractivity contribution >= 4 is 38.9 Å². The van der Waals surface area contributed by atoms with E-state index in [1.165, 1.54) is 16.6 Å². The molecule has 7 nitrogen and oxygen atoms in total. The Kier molecular flexibility index (Phi) is 6.69. The predicted octanol–water partition coefficient (Wildman–Crippen LogP) is 2.81. The quantitative estimate of drug-likeness (QED) is 0.642. The van der Waals surface area contributed by atoms with Gasteiger partial charge in [-0.05, 0) is 31.4 Å². The number of sulfonamides is 1. The highest BCUT2D eigenvalue weighted by molar-refractivity contribution is 7.89. The van der Waals surface area contributed by atoms with Gasteiger partial charge in [-0.15, -0.1) is 11.3 Å². The van der Waals surface area contributed by atoms with E-state index in [1.807, 2.05) is 5.38 Å². The average Bonchev–Trinajstić information content (AvgIpc) is 3.15. The fraction of sp³-hybridized carbons (Fsp3) is 0.500. The monoisotopic (exact) mass is 442 g/mol. The van der Waals surface area contributed by atoms with E-state index in [4.69, 9.17) is 11.6 Å². The Morgan fingerprint density at radius 3 is 2.71 bits per heavy atom. The number of aromatic nitrogens is 2. The number of hydrogen-bond acceptors (Lipinski definition) is 6. The number of halogens is 1. The lowest BCUT2D eigenvalue weighted by Crippen LogP contribution is -2.43. The second-order valence-corrected chi connectivity index (χ2v) is 9.96. The van der Waals surface area contributed by atoms with Crippen LogP contribution in [0.2, 0.25) is 5.15 Å². The summed E-state index contributed by atoms with van der Waals surface area (Å²) in [7, 11) is -1.94. The van der Waals surface area contributed by atoms with Crippen molar-refractivity contribution in [1.82, 2.24) is 19.2 Å². The van der Waals surface area contributed by atoms with Crippen molar-refractivity contribution in [3.63, 3.8) is 0 Å². The van der Waals surface area contributed by atoms with Crippen molar-refractivity contribution in [1.29, 1.82) is 0 Å². The normalized spacial score (nSPS) is 16.2. The molecule has 0 aromatic carbocycles. The highest BCUT2D eigenvalue weighted by Crippen LogP contribution is 2.28. The standard InChI is InChI=1S/C18H23ClN4O3S2/c1-3-16-21-14(12-27-16)11-22(2)18(24)13-6-9-23(10-7-13)28(25,26)15-5-4-8-20-17(15)19/h4-5,8,12-13H,3,6-7,9-11H2,1-2H3. The molecule has 0 atom stereocenters. The summed E-state index contributed by atoms with van der Waals surface area (Å²) < 4.78 is 27.0. The Hall–Kier alpha value is -1.55. The Balaban J connectivity index is 1.60. The molecule has 0 spiro atoms. The molecule has 1 saturated heterocycles. The predicted molar refractivity (Wildman–Crippen MR) is 109 cm³/mol. The summed E-state index contributed by atoms with van der Waals surface area (Å²) in [6.07, 6.45) is 3.30. The molecule has 1 aliphatic heterocycles. The topological polar surface area (TPSA) is 83.5 Å². The lowest BCUT2D eigenvalue weighted by Gasteiger charge is -2.32. The first-order chi connectivity index (χ1) is 13.3. The van der Waals surface area contributed by atoms with Gasteiger partial charge >= 0.3 is 0 Å². The summed E-state index contributed by atoms with van der Waals surface area (Å²) in [6, 6.07) is 3.00. The van der Waals surface area contributed by atoms with Gasteiger partial charge in [-0.2, -0.15) is 4.31 Å². The molecule has 1 amide bonds. The van der Waals surface area contributed by atoms with Gasteiger partial charge in [0.2, 0.25) is 15.9 Å². The first-order valence-electron chi connectivity index (χ1n) is 9.11. The second-order valence-electron chi connectivity index (χ2n) is 6.75. The lowest BCUT2D eigenvalue weighted by atomic mass is 9.96. The molecular weight excluding hydrogens is 420 g/mol. The Labute approximate surface area is 174 Å². The molecule has 0 bridgehead atoms. The summed E-state index contributed by atoms with van der Waals surface area (Å²) in [4.78, 5) is 22.8. The van der Waals surface area contributed by atoms with Crippen LogP contribution in [0.15, 0.2) is 28.6 Å². The average molecular weight is 443 g/mol. The number of piperidine rings is 1. The van der Waals surface area contributed by atoms with E-state index < -0.39 is 10.0 Å². The van der Waals surface area contributed by atoms with Crippen LogP contribution in [0.25, 0.3) is 0 Å². The fourth-order valence-corrected chi connectivity index (χ4v) is 5.90. The highest BCUT2D eigenvalue weighted by Gasteiger charge is 2.34. The van der Waals surface area contributed by atoms with Crippen molar-refractivity contribution < 1.29 is 13.2 Å². The van der Waals surface area contributed by atoms with Crippen LogP contribution in [0.5, 0.6) is 0 Å². The van der Waals surface area contributed by atoms with Crippen molar-refractivity contribution in [2.45, 2.75) is 37.6 Å². The van der Waals surface area contributed by atoms with E-state index >= 15 is 0 Å². The van der Waals surface area contributed by atoms with Crippen LogP contribution in [-0.2, 0) is 27.8 Å². The summed E-state index contributed by atoms with van der Waals surface area (Å²) in [6.45, 7) is 3.10. The van der Waals surface area contributed by atoms with Crippen molar-refractivity contribution in [3.05, 3.63) is 39.6 Å². The van der Waals surface area contributed by atoms with Gasteiger partial charge in [0.1, 0.15) is 10.0 Å². The van der Waals surface area contributed by atoms with Gasteiger partial charge in [0.05, 0.1) is 17.2 Å². The third-order valence-electron chi connectivity index (χ3n) is 4.82. The molecule has 2 aromatic heterocycles. The molecule has 3 heterocycles. The number of nitrogens with zero attached hydrogens (tertiary/aromatic N) is 4. The van der Waals surface area contributed by atoms with Gasteiger partial charge in [-0.1, -0.05) is 18.5 Å². The molecule has 152 valence electrons. The molecule has 1 aliphatic rings. The zero-order chi connectivity index (χ0) is 20.3. The third kappa shape index (κ3) is 4.53. The van der Waals surface area contributed by atoms with Crippen LogP contribution in [0.4, 0.5) is 0 Å². The number of amides is 1. The minimum Gasteiger partial charge on any atom is -0.340 e. The van der Waals surface area contributed by atoms with Crippen LogP contribution in [0, 0.1) is 5.92 Å². The lowest BCUT2D eigenvalue weighted by molar-refractivity contribution is -0.136. The molecule has 2 aromatic rings. The fourth-order valence-electron chi connectivity index (χ4n) is 3.26. The molecule has 0 radical (unpaired) electrons. The molecule has 0 aliphatic carbocycles. The number of rotatable bonds is 6. The van der Waals surface area contributed by atoms with E-state index in [2.05, 4.69) is 16.9 Å². The van der Waals surface area contributed by atoms with Gasteiger partial charge in [-0.3, -0.25) is 4.79 Å². The molecule has 10 heteroatoms. The Morgan fingerprint density at radius 2 is 2.11 bits per heavy atom. The van der Waals surface area contributed by atoms with Crippen LogP contribution in [0.3, 0.4) is 0 Å². The molecule has 1 fully saturated rings. The van der Waals surface area contributed by atoms with Gasteiger partial charge in [0.15, 0.2) is 0 Å². The van der Waals surface area contributed by atoms with E-state index in [1.54, 1.807) is 29.4 Å². The van der Waals surface area contributed by atoms with Crippen LogP contribution >= 0.6 is 22.9 Å². The van der Waals surface area contributed by atoms with Gasteiger partial charge in [0.25, 0.3) is 0 Å². The van der Waals surface area contributed by atoms with Gasteiger partial charge in [0, 0.05) is 37.6 Å². The number of carbonyl (C=O) groups excluding carboxylic acids is 1. The maximum atomic E-state index is 12.8. The van der Waals surface area contributed by atoms with E-state index in [9.17, 15) is 13.2 Å². The van der Waals surface area contributed by atoms with Gasteiger partial charge in [-0.25, -0.2) is 18.4 Å². The number of carbonyl (C=O) groups is 1. The summed E-state index contributed by atoms with van der Waals surface area (Å²) in [5, 5.41) is 3.01. The van der Waals surface area contributed by atoms with E-state index in [0.29, 0.717) is 19.4 Å². The highest BCUT2D eigenvalue weighted by atomic mass is 35.5. The minimum absolute atomic E-state index is 0.00817. The smallest absolute Gasteiger partial charge is 0.246 e. The number of aryl methyl sites for hydroxylation is 1. The van der Waals surface area contributed by atoms with Crippen LogP contribution < -0.4 is 0 Å². The maximum Gasteiger partial charge on any atom is 0.246 e. The van der Waals surface area contributed by atoms with Crippen LogP contribution in [0.1, 0.15) is 30.5 Å². The molecule has 0 unspecified atom stereocenters. The summed E-state index contributed by atoms with van der Waals surface area (Å²) >= 11 is 7.56. The first kappa shape index (κ1) is 21.2. The maximum absolute atomic E-state index is 12.8. The number of thiazole rings is 1. The largest absolute Gasteiger partial charge is 0.340 e. The Morgan fingerprint density at radius 1 is 1.39 bits per heavy atom. The zero-order valence-corrected chi connectivity index (χ0v) is 18.2. The Bertz CT molecular complexity index is 940. The molecule has 3 rings (SSSR count). The van der Waals surface area contributed by atoms with E-state index in [-0.39, 0.29) is 35.0 Å². The van der Waals surface area contributed by atoms with Crippen LogP contribution in [-0.4, -0.2) is 53.6 Å². The van der Waals surface area contributed by atoms with Crippen molar-refractivity contribution in [2.75, 3.05) is 20.1 Å². The molecule has 0 saturated carbocycles. The first-order valence-corrected chi connectivity index (χ1v) is 11.8. The van der Waals surface area contributed by atoms with Gasteiger partial charge < -0.3 is 4.90 Å². The minimum atomic E-state index is -3.71. The van der Waals surface area contributed by atoms with Crippen molar-refractivity contribution in [3.8, 4) is 0 Å². The number of pyridine rings is 1. The number of hydrogen-bond donors (Lipinski definition) is 0. The zero-order valence-electron chi connectivity index (χ0n) is 15.8. The third-order valence-corrected chi connectivity index (χ3v) is 8.21. The summed E-state index contributed by atoms with van der Waals surface area (Å²) in [5.41, 5.74) is 0.893.